The topological polar surface area (TPSA) is 57.1 Å². The van der Waals surface area contributed by atoms with E-state index in [1.54, 1.807) is 0 Å². The smallest absolute Gasteiger partial charge is 0.115 e. The summed E-state index contributed by atoms with van der Waals surface area (Å²) in [7, 11) is 0. The van der Waals surface area contributed by atoms with Crippen LogP contribution in [0.2, 0.25) is 0 Å². The van der Waals surface area contributed by atoms with Crippen LogP contribution in [-0.2, 0) is 22.7 Å². The number of rotatable bonds is 8. The van der Waals surface area contributed by atoms with Crippen LogP contribution >= 0.6 is 0 Å². The largest absolute Gasteiger partial charge is 0.372 e. The fourth-order valence-corrected chi connectivity index (χ4v) is 7.09. The van der Waals surface area contributed by atoms with Crippen LogP contribution in [-0.4, -0.2) is 27.2 Å². The van der Waals surface area contributed by atoms with Crippen LogP contribution in [0, 0.1) is 59.2 Å². The highest BCUT2D eigenvalue weighted by Crippen LogP contribution is 2.36. The summed E-state index contributed by atoms with van der Waals surface area (Å²) in [4.78, 5) is 14.2. The molecule has 3 heterocycles. The van der Waals surface area contributed by atoms with E-state index < -0.39 is 0 Å². The van der Waals surface area contributed by atoms with Gasteiger partial charge in [0.05, 0.1) is 36.8 Å². The van der Waals surface area contributed by atoms with E-state index in [0.29, 0.717) is 83.7 Å². The van der Waals surface area contributed by atoms with Gasteiger partial charge < -0.3 is 9.47 Å². The van der Waals surface area contributed by atoms with Crippen molar-refractivity contribution in [1.29, 1.82) is 0 Å². The zero-order valence-electron chi connectivity index (χ0n) is 28.6. The van der Waals surface area contributed by atoms with E-state index in [1.165, 1.54) is 25.7 Å². The van der Waals surface area contributed by atoms with Gasteiger partial charge >= 0.3 is 0 Å². The lowest BCUT2D eigenvalue weighted by Crippen LogP contribution is -2.34. The van der Waals surface area contributed by atoms with Gasteiger partial charge in [-0.1, -0.05) is 72.6 Å². The monoisotopic (exact) mass is 617 g/mol. The van der Waals surface area contributed by atoms with E-state index in [-0.39, 0.29) is 0 Å². The van der Waals surface area contributed by atoms with Crippen molar-refractivity contribution >= 4 is 0 Å². The number of hydrogen-bond donors (Lipinski definition) is 0. The molecule has 6 atom stereocenters. The van der Waals surface area contributed by atoms with Crippen LogP contribution in [0.4, 0.5) is 0 Å². The summed E-state index contributed by atoms with van der Waals surface area (Å²) in [6.07, 6.45) is 7.93. The van der Waals surface area contributed by atoms with E-state index in [1.807, 2.05) is 54.6 Å². The van der Waals surface area contributed by atoms with Gasteiger partial charge in [-0.2, -0.15) is 0 Å². The molecule has 2 aliphatic rings. The lowest BCUT2D eigenvalue weighted by molar-refractivity contribution is -0.0484. The minimum atomic E-state index is 0.294. The third kappa shape index (κ3) is 9.75. The molecule has 0 saturated heterocycles. The van der Waals surface area contributed by atoms with Crippen LogP contribution in [0.15, 0.2) is 54.6 Å². The Bertz CT molecular complexity index is 1450. The first-order chi connectivity index (χ1) is 22.2. The maximum Gasteiger partial charge on any atom is 0.115 e. The summed E-state index contributed by atoms with van der Waals surface area (Å²) >= 11 is 0. The van der Waals surface area contributed by atoms with E-state index in [4.69, 9.17) is 19.4 Å². The van der Waals surface area contributed by atoms with Gasteiger partial charge in [0.25, 0.3) is 0 Å². The van der Waals surface area contributed by atoms with Crippen molar-refractivity contribution in [3.63, 3.8) is 0 Å². The number of hydrogen-bond acceptors (Lipinski definition) is 5. The molecule has 5 rings (SSSR count). The molecule has 3 aromatic heterocycles. The molecular weight excluding hydrogens is 566 g/mol. The van der Waals surface area contributed by atoms with Crippen LogP contribution in [0.1, 0.15) is 114 Å². The molecule has 46 heavy (non-hydrogen) atoms. The van der Waals surface area contributed by atoms with E-state index in [0.717, 1.165) is 24.2 Å². The van der Waals surface area contributed by atoms with Crippen molar-refractivity contribution in [3.8, 4) is 23.7 Å². The van der Waals surface area contributed by atoms with Gasteiger partial charge in [-0.05, 0) is 121 Å². The summed E-state index contributed by atoms with van der Waals surface area (Å²) < 4.78 is 12.8. The molecule has 5 nitrogen and oxygen atoms in total. The molecule has 0 amide bonds. The Kier molecular flexibility index (Phi) is 12.0. The van der Waals surface area contributed by atoms with Gasteiger partial charge in [-0.25, -0.2) is 15.0 Å². The molecule has 3 aromatic rings. The third-order valence-corrected chi connectivity index (χ3v) is 9.81. The molecule has 0 radical (unpaired) electrons. The first-order valence-corrected chi connectivity index (χ1v) is 17.4. The van der Waals surface area contributed by atoms with E-state index in [2.05, 4.69) is 70.2 Å². The second-order valence-corrected chi connectivity index (χ2v) is 14.3. The summed E-state index contributed by atoms with van der Waals surface area (Å²) in [6, 6.07) is 17.6. The van der Waals surface area contributed by atoms with Crippen molar-refractivity contribution in [3.05, 3.63) is 88.8 Å². The highest BCUT2D eigenvalue weighted by Gasteiger charge is 2.32. The lowest BCUT2D eigenvalue weighted by atomic mass is 9.75. The summed E-state index contributed by atoms with van der Waals surface area (Å²) in [5.41, 5.74) is 4.55. The van der Waals surface area contributed by atoms with Crippen LogP contribution in [0.5, 0.6) is 0 Å². The Labute approximate surface area is 277 Å². The Morgan fingerprint density at radius 1 is 0.565 bits per heavy atom. The van der Waals surface area contributed by atoms with Crippen molar-refractivity contribution in [2.24, 2.45) is 35.5 Å². The Hall–Kier alpha value is -3.51. The maximum atomic E-state index is 6.42. The van der Waals surface area contributed by atoms with Crippen LogP contribution < -0.4 is 0 Å². The fourth-order valence-electron chi connectivity index (χ4n) is 7.09. The third-order valence-electron chi connectivity index (χ3n) is 9.81. The summed E-state index contributed by atoms with van der Waals surface area (Å²) in [5, 5.41) is 0. The zero-order chi connectivity index (χ0) is 32.5. The number of ether oxygens (including phenoxy) is 2. The lowest BCUT2D eigenvalue weighted by Gasteiger charge is -2.37. The van der Waals surface area contributed by atoms with Crippen LogP contribution in [0.25, 0.3) is 0 Å². The van der Waals surface area contributed by atoms with E-state index >= 15 is 0 Å². The minimum Gasteiger partial charge on any atom is -0.372 e. The summed E-state index contributed by atoms with van der Waals surface area (Å²) in [6.45, 7) is 14.9. The summed E-state index contributed by atoms with van der Waals surface area (Å²) in [5.74, 6) is 16.6. The highest BCUT2D eigenvalue weighted by molar-refractivity contribution is 5.41. The Balaban J connectivity index is 1.19. The van der Waals surface area contributed by atoms with Crippen LogP contribution in [0.3, 0.4) is 0 Å². The molecule has 0 spiro atoms. The Morgan fingerprint density at radius 2 is 0.935 bits per heavy atom. The molecule has 2 saturated carbocycles. The standard InChI is InChI=1S/C41H51N3O2/c1-28(2)38-22-16-30(5)24-40(38)45-26-36-14-8-12-34(43-36)20-18-32-10-7-11-33(42-32)19-21-35-13-9-15-37(44-35)27-46-41-25-31(6)17-23-39(41)29(3)4/h7-15,28-31,38-41H,16-17,22-27H2,1-6H3/t30-,31-,38+,39+,40-,41-/m1/s1. The first kappa shape index (κ1) is 33.8. The average molecular weight is 618 g/mol. The number of nitrogens with zero attached hydrogens (tertiary/aromatic N) is 3. The molecule has 0 unspecified atom stereocenters. The SMILES string of the molecule is CC(C)[C@@H]1CC[C@@H](C)C[C@H]1OCc1cccc(C#Cc2cccc(C#Cc3cccc(CO[C@@H]4C[C@H](C)CC[C@H]4C(C)C)n3)n2)n1. The van der Waals surface area contributed by atoms with Crippen molar-refractivity contribution in [1.82, 2.24) is 15.0 Å². The second kappa shape index (κ2) is 16.4. The van der Waals surface area contributed by atoms with Gasteiger partial charge in [0.15, 0.2) is 0 Å². The molecule has 0 N–H and O–H groups in total. The van der Waals surface area contributed by atoms with Gasteiger partial charge in [-0.3, -0.25) is 0 Å². The van der Waals surface area contributed by atoms with E-state index in [9.17, 15) is 0 Å². The molecule has 2 aliphatic carbocycles. The molecule has 5 heteroatoms. The fraction of sp³-hybridized carbons (Fsp3) is 0.537. The van der Waals surface area contributed by atoms with Crippen molar-refractivity contribution < 1.29 is 9.47 Å². The van der Waals surface area contributed by atoms with Gasteiger partial charge in [0.1, 0.15) is 22.8 Å². The molecular formula is C41H51N3O2. The maximum absolute atomic E-state index is 6.42. The predicted octanol–water partition coefficient (Wildman–Crippen LogP) is 8.63. The van der Waals surface area contributed by atoms with Gasteiger partial charge in [0.2, 0.25) is 0 Å². The molecule has 242 valence electrons. The predicted molar refractivity (Wildman–Crippen MR) is 185 cm³/mol. The molecule has 0 bridgehead atoms. The van der Waals surface area contributed by atoms with Gasteiger partial charge in [-0.15, -0.1) is 0 Å². The normalized spacial score (nSPS) is 24.6. The van der Waals surface area contributed by atoms with Crippen molar-refractivity contribution in [2.75, 3.05) is 0 Å². The van der Waals surface area contributed by atoms with Crippen molar-refractivity contribution in [2.45, 2.75) is 105 Å². The molecule has 0 aromatic carbocycles. The molecule has 0 aliphatic heterocycles. The first-order valence-electron chi connectivity index (χ1n) is 17.4. The zero-order valence-corrected chi connectivity index (χ0v) is 28.6. The second-order valence-electron chi connectivity index (χ2n) is 14.3. The Morgan fingerprint density at radius 3 is 1.33 bits per heavy atom. The quantitative estimate of drug-likeness (QED) is 0.237. The minimum absolute atomic E-state index is 0.294. The number of pyridine rings is 3. The molecule has 2 fully saturated rings. The average Bonchev–Trinajstić information content (AvgIpc) is 3.05. The number of aromatic nitrogens is 3. The highest BCUT2D eigenvalue weighted by atomic mass is 16.5. The van der Waals surface area contributed by atoms with Gasteiger partial charge in [0, 0.05) is 0 Å².